The predicted molar refractivity (Wildman–Crippen MR) is 251 cm³/mol. The predicted octanol–water partition coefficient (Wildman–Crippen LogP) is 9.32. The lowest BCUT2D eigenvalue weighted by molar-refractivity contribution is -0.870. The molecule has 0 aliphatic heterocycles. The number of hydrogen-bond donors (Lipinski definition) is 3. The van der Waals surface area contributed by atoms with Crippen molar-refractivity contribution in [3.63, 3.8) is 0 Å². The van der Waals surface area contributed by atoms with E-state index in [1.807, 2.05) is 51.5 Å². The van der Waals surface area contributed by atoms with E-state index >= 15 is 0 Å². The number of esters is 2. The van der Waals surface area contributed by atoms with Crippen LogP contribution in [-0.2, 0) is 32.7 Å². The second-order valence-electron chi connectivity index (χ2n) is 17.4. The summed E-state index contributed by atoms with van der Waals surface area (Å²) >= 11 is 0. The quantitative estimate of drug-likeness (QED) is 0.0178. The second-order valence-corrected chi connectivity index (χ2v) is 18.8. The van der Waals surface area contributed by atoms with Gasteiger partial charge in [0.1, 0.15) is 19.8 Å². The SMILES string of the molecule is CCCCC/C=C\C/C=C\C/C=C\C/C=C\C/C=C\CCC(=O)O[C@H](COC(=O)CCC/C=C/C[C@@H]1[C@@H](/C=C/[C@@H](O)CCCCC)[C@H](O)C[C@@H]1O)COP(=O)([O-])OCC[N+](C)(C)C. The molecule has 1 aliphatic rings. The molecule has 7 atom stereocenters. The van der Waals surface area contributed by atoms with Crippen molar-refractivity contribution in [3.8, 4) is 0 Å². The lowest BCUT2D eigenvalue weighted by Crippen LogP contribution is -2.37. The van der Waals surface area contributed by atoms with Crippen LogP contribution in [0.5, 0.6) is 0 Å². The summed E-state index contributed by atoms with van der Waals surface area (Å²) in [5.74, 6) is -1.55. The third-order valence-electron chi connectivity index (χ3n) is 10.5. The van der Waals surface area contributed by atoms with Crippen molar-refractivity contribution in [2.45, 2.75) is 160 Å². The number of aliphatic hydroxyl groups is 3. The molecule has 360 valence electrons. The number of hydrogen-bond acceptors (Lipinski definition) is 11. The molecule has 0 radical (unpaired) electrons. The van der Waals surface area contributed by atoms with E-state index in [-0.39, 0.29) is 44.3 Å². The molecule has 13 heteroatoms. The first-order valence-electron chi connectivity index (χ1n) is 23.6. The van der Waals surface area contributed by atoms with Crippen LogP contribution < -0.4 is 4.89 Å². The van der Waals surface area contributed by atoms with E-state index < -0.39 is 50.8 Å². The van der Waals surface area contributed by atoms with Gasteiger partial charge < -0.3 is 43.2 Å². The number of aliphatic hydroxyl groups excluding tert-OH is 3. The molecular weight excluding hydrogens is 822 g/mol. The molecule has 3 N–H and O–H groups in total. The Labute approximate surface area is 380 Å². The number of phosphoric acid groups is 1. The van der Waals surface area contributed by atoms with Crippen molar-refractivity contribution in [2.24, 2.45) is 11.8 Å². The van der Waals surface area contributed by atoms with E-state index in [2.05, 4.69) is 62.5 Å². The van der Waals surface area contributed by atoms with Crippen molar-refractivity contribution in [1.29, 1.82) is 0 Å². The van der Waals surface area contributed by atoms with Crippen LogP contribution in [0, 0.1) is 11.8 Å². The highest BCUT2D eigenvalue weighted by atomic mass is 31.2. The zero-order valence-corrected chi connectivity index (χ0v) is 40.2. The largest absolute Gasteiger partial charge is 0.756 e. The van der Waals surface area contributed by atoms with Crippen LogP contribution in [0.15, 0.2) is 85.1 Å². The van der Waals surface area contributed by atoms with Crippen molar-refractivity contribution < 1.29 is 57.4 Å². The molecule has 1 saturated carbocycles. The van der Waals surface area contributed by atoms with Gasteiger partial charge in [-0.15, -0.1) is 0 Å². The van der Waals surface area contributed by atoms with Gasteiger partial charge in [-0.25, -0.2) is 0 Å². The molecule has 0 aromatic heterocycles. The number of allylic oxidation sites excluding steroid dienone is 12. The Morgan fingerprint density at radius 2 is 1.29 bits per heavy atom. The molecular formula is C50H84NO11P. The summed E-state index contributed by atoms with van der Waals surface area (Å²) in [5.41, 5.74) is 0. The third kappa shape index (κ3) is 33.2. The molecule has 1 fully saturated rings. The van der Waals surface area contributed by atoms with Crippen molar-refractivity contribution >= 4 is 19.8 Å². The Kier molecular flexibility index (Phi) is 33.5. The molecule has 0 amide bonds. The van der Waals surface area contributed by atoms with Gasteiger partial charge >= 0.3 is 11.9 Å². The summed E-state index contributed by atoms with van der Waals surface area (Å²) in [5, 5.41) is 31.4. The van der Waals surface area contributed by atoms with E-state index in [9.17, 15) is 34.4 Å². The first kappa shape index (κ1) is 58.1. The standard InChI is InChI=1S/C50H84NO11P/c1-6-8-10-11-12-13-14-15-16-17-18-19-20-21-22-23-24-25-31-35-50(56)62-44(42-61-63(57,58)60-39-38-51(3,4)5)41-59-49(55)34-30-27-26-29-33-45-46(48(54)40-47(45)53)37-36-43(52)32-28-9-7-2/h12-13,15-16,18-19,21-22,24-26,29,36-37,43-48,52-54H,6-11,14,17,20,23,27-28,30-35,38-42H2,1-5H3/b13-12-,16-15-,19-18-,22-21-,25-24-,29-26+,37-36+/t43-,44+,45+,46+,47-,48+/m0/s1. The molecule has 63 heavy (non-hydrogen) atoms. The number of quaternary nitrogens is 1. The van der Waals surface area contributed by atoms with Crippen LogP contribution in [0.2, 0.25) is 0 Å². The third-order valence-corrected chi connectivity index (χ3v) is 11.4. The fraction of sp³-hybridized carbons (Fsp3) is 0.680. The number of likely N-dealkylation sites (N-methyl/N-ethyl adjacent to an activating group) is 1. The van der Waals surface area contributed by atoms with Gasteiger partial charge in [-0.1, -0.05) is 131 Å². The first-order chi connectivity index (χ1) is 30.2. The molecule has 1 rings (SSSR count). The summed E-state index contributed by atoms with van der Waals surface area (Å²) in [4.78, 5) is 37.8. The minimum atomic E-state index is -4.71. The molecule has 1 aliphatic carbocycles. The maximum Gasteiger partial charge on any atom is 0.306 e. The number of rotatable bonds is 37. The van der Waals surface area contributed by atoms with Gasteiger partial charge in [0.05, 0.1) is 46.1 Å². The molecule has 12 nitrogen and oxygen atoms in total. The average Bonchev–Trinajstić information content (AvgIpc) is 3.50. The smallest absolute Gasteiger partial charge is 0.306 e. The Balaban J connectivity index is 2.54. The second kappa shape index (κ2) is 36.3. The summed E-state index contributed by atoms with van der Waals surface area (Å²) < 4.78 is 33.8. The zero-order valence-electron chi connectivity index (χ0n) is 39.3. The lowest BCUT2D eigenvalue weighted by Gasteiger charge is -2.28. The van der Waals surface area contributed by atoms with Gasteiger partial charge in [0.2, 0.25) is 0 Å². The van der Waals surface area contributed by atoms with Crippen LogP contribution in [-0.4, -0.2) is 104 Å². The molecule has 0 heterocycles. The van der Waals surface area contributed by atoms with Crippen LogP contribution in [0.1, 0.15) is 136 Å². The van der Waals surface area contributed by atoms with Gasteiger partial charge in [-0.05, 0) is 76.5 Å². The number of phosphoric ester groups is 1. The number of nitrogens with zero attached hydrogens (tertiary/aromatic N) is 1. The summed E-state index contributed by atoms with van der Waals surface area (Å²) in [6, 6.07) is 0. The van der Waals surface area contributed by atoms with Gasteiger partial charge in [0.25, 0.3) is 7.82 Å². The summed E-state index contributed by atoms with van der Waals surface area (Å²) in [6.07, 6.45) is 40.1. The normalized spacial score (nSPS) is 20.7. The van der Waals surface area contributed by atoms with Gasteiger partial charge in [0, 0.05) is 25.2 Å². The Morgan fingerprint density at radius 1 is 0.714 bits per heavy atom. The molecule has 0 saturated heterocycles. The highest BCUT2D eigenvalue weighted by Crippen LogP contribution is 2.38. The highest BCUT2D eigenvalue weighted by molar-refractivity contribution is 7.45. The number of ether oxygens (including phenoxy) is 2. The fourth-order valence-electron chi connectivity index (χ4n) is 6.69. The molecule has 0 aromatic carbocycles. The summed E-state index contributed by atoms with van der Waals surface area (Å²) in [7, 11) is 0.974. The zero-order chi connectivity index (χ0) is 46.6. The minimum absolute atomic E-state index is 0.0474. The van der Waals surface area contributed by atoms with Crippen LogP contribution in [0.4, 0.5) is 0 Å². The molecule has 0 bridgehead atoms. The van der Waals surface area contributed by atoms with E-state index in [0.29, 0.717) is 43.1 Å². The van der Waals surface area contributed by atoms with E-state index in [4.69, 9.17) is 18.5 Å². The number of carbonyl (C=O) groups excluding carboxylic acids is 2. The van der Waals surface area contributed by atoms with E-state index in [0.717, 1.165) is 51.4 Å². The topological polar surface area (TPSA) is 172 Å². The fourth-order valence-corrected chi connectivity index (χ4v) is 7.42. The monoisotopic (exact) mass is 906 g/mol. The number of unbranched alkanes of at least 4 members (excludes halogenated alkanes) is 6. The van der Waals surface area contributed by atoms with Crippen LogP contribution in [0.25, 0.3) is 0 Å². The van der Waals surface area contributed by atoms with Crippen molar-refractivity contribution in [2.75, 3.05) is 47.5 Å². The van der Waals surface area contributed by atoms with Crippen LogP contribution >= 0.6 is 7.82 Å². The number of carbonyl (C=O) groups is 2. The Bertz CT molecular complexity index is 1460. The van der Waals surface area contributed by atoms with Crippen molar-refractivity contribution in [1.82, 2.24) is 0 Å². The Hall–Kier alpha value is -2.93. The summed E-state index contributed by atoms with van der Waals surface area (Å²) in [6.45, 7) is 3.71. The maximum absolute atomic E-state index is 12.7. The lowest BCUT2D eigenvalue weighted by atomic mass is 9.89. The average molecular weight is 906 g/mol. The van der Waals surface area contributed by atoms with Crippen molar-refractivity contribution in [3.05, 3.63) is 85.1 Å². The molecule has 0 spiro atoms. The van der Waals surface area contributed by atoms with Gasteiger partial charge in [-0.2, -0.15) is 0 Å². The van der Waals surface area contributed by atoms with E-state index in [1.165, 1.54) is 19.3 Å². The van der Waals surface area contributed by atoms with E-state index in [1.54, 1.807) is 6.08 Å². The minimum Gasteiger partial charge on any atom is -0.756 e. The van der Waals surface area contributed by atoms with Gasteiger partial charge in [0.15, 0.2) is 6.10 Å². The molecule has 1 unspecified atom stereocenters. The first-order valence-corrected chi connectivity index (χ1v) is 25.0. The highest BCUT2D eigenvalue weighted by Gasteiger charge is 2.39. The Morgan fingerprint density at radius 3 is 1.90 bits per heavy atom. The molecule has 0 aromatic rings. The van der Waals surface area contributed by atoms with Gasteiger partial charge in [-0.3, -0.25) is 14.2 Å². The maximum atomic E-state index is 12.7. The van der Waals surface area contributed by atoms with Crippen LogP contribution in [0.3, 0.4) is 0 Å².